The third kappa shape index (κ3) is 3.27. The zero-order valence-corrected chi connectivity index (χ0v) is 15.8. The molecule has 0 unspecified atom stereocenters. The van der Waals surface area contributed by atoms with Gasteiger partial charge in [0.15, 0.2) is 0 Å². The number of H-pyrrole nitrogens is 1. The number of aromatic nitrogens is 3. The van der Waals surface area contributed by atoms with Crippen LogP contribution in [0.5, 0.6) is 5.88 Å². The number of nitrogens with one attached hydrogen (secondary N) is 1. The fourth-order valence-electron chi connectivity index (χ4n) is 3.99. The summed E-state index contributed by atoms with van der Waals surface area (Å²) in [4.78, 5) is 5.59. The predicted octanol–water partition coefficient (Wildman–Crippen LogP) is 4.17. The molecule has 0 aliphatic carbocycles. The Morgan fingerprint density at radius 1 is 1.08 bits per heavy atom. The summed E-state index contributed by atoms with van der Waals surface area (Å²) in [6, 6.07) is 11.9. The molecule has 0 spiro atoms. The van der Waals surface area contributed by atoms with Gasteiger partial charge in [-0.15, -0.1) is 22.6 Å². The Balaban J connectivity index is 0.00000168. The monoisotopic (exact) mass is 390 g/mol. The molecule has 3 fully saturated rings. The number of fused-ring (bicyclic) bond motifs is 4. The molecule has 6 rings (SSSR count). The highest BCUT2D eigenvalue weighted by molar-refractivity contribution is 6.30. The lowest BCUT2D eigenvalue weighted by atomic mass is 9.86. The van der Waals surface area contributed by atoms with E-state index in [-0.39, 0.29) is 18.5 Å². The van der Waals surface area contributed by atoms with Crippen molar-refractivity contribution >= 4 is 34.9 Å². The summed E-state index contributed by atoms with van der Waals surface area (Å²) >= 11 is 6.02. The van der Waals surface area contributed by atoms with Crippen LogP contribution >= 0.6 is 24.0 Å². The van der Waals surface area contributed by atoms with E-state index in [1.165, 1.54) is 25.9 Å². The summed E-state index contributed by atoms with van der Waals surface area (Å²) in [6.07, 6.45) is 2.71. The average Bonchev–Trinajstić information content (AvgIpc) is 3.02. The molecule has 0 amide bonds. The SMILES string of the molecule is Cl.Clc1cc2cc(-c3ccc(O[C@H]4CN5CCC4CC5)nn3)ccc2[nH]1. The van der Waals surface area contributed by atoms with E-state index >= 15 is 0 Å². The second-order valence-electron chi connectivity index (χ2n) is 6.97. The van der Waals surface area contributed by atoms with Gasteiger partial charge >= 0.3 is 0 Å². The number of hydrogen-bond donors (Lipinski definition) is 1. The number of ether oxygens (including phenoxy) is 1. The highest BCUT2D eigenvalue weighted by atomic mass is 35.5. The Kier molecular flexibility index (Phi) is 4.78. The first-order valence-corrected chi connectivity index (χ1v) is 9.14. The van der Waals surface area contributed by atoms with Gasteiger partial charge in [-0.1, -0.05) is 17.7 Å². The summed E-state index contributed by atoms with van der Waals surface area (Å²) < 4.78 is 6.12. The molecule has 3 saturated heterocycles. The molecular weight excluding hydrogens is 371 g/mol. The molecule has 1 atom stereocenters. The van der Waals surface area contributed by atoms with Gasteiger partial charge in [-0.2, -0.15) is 0 Å². The van der Waals surface area contributed by atoms with E-state index in [1.54, 1.807) is 0 Å². The lowest BCUT2D eigenvalue weighted by Crippen LogP contribution is -2.52. The smallest absolute Gasteiger partial charge is 0.233 e. The first kappa shape index (κ1) is 17.6. The molecule has 3 aliphatic rings. The van der Waals surface area contributed by atoms with Gasteiger partial charge in [-0.05, 0) is 56.1 Å². The topological polar surface area (TPSA) is 54.0 Å². The number of rotatable bonds is 3. The van der Waals surface area contributed by atoms with Crippen LogP contribution in [0.4, 0.5) is 0 Å². The summed E-state index contributed by atoms with van der Waals surface area (Å²) in [5.74, 6) is 1.28. The Labute approximate surface area is 163 Å². The van der Waals surface area contributed by atoms with Crippen molar-refractivity contribution in [3.63, 3.8) is 0 Å². The van der Waals surface area contributed by atoms with Crippen LogP contribution in [0.1, 0.15) is 12.8 Å². The van der Waals surface area contributed by atoms with Crippen molar-refractivity contribution in [3.05, 3.63) is 41.6 Å². The molecule has 1 aromatic carbocycles. The molecule has 136 valence electrons. The Bertz CT molecular complexity index is 904. The predicted molar refractivity (Wildman–Crippen MR) is 105 cm³/mol. The quantitative estimate of drug-likeness (QED) is 0.728. The molecular formula is C19H20Cl2N4O. The maximum Gasteiger partial charge on any atom is 0.233 e. The number of hydrogen-bond acceptors (Lipinski definition) is 4. The zero-order chi connectivity index (χ0) is 16.8. The van der Waals surface area contributed by atoms with Crippen LogP contribution in [-0.4, -0.2) is 45.8 Å². The number of halogens is 2. The molecule has 5 heterocycles. The summed E-state index contributed by atoms with van der Waals surface area (Å²) in [5, 5.41) is 10.4. The Hall–Kier alpha value is -1.82. The highest BCUT2D eigenvalue weighted by Gasteiger charge is 2.35. The lowest BCUT2D eigenvalue weighted by molar-refractivity contribution is -0.0103. The van der Waals surface area contributed by atoms with E-state index in [1.807, 2.05) is 30.3 Å². The van der Waals surface area contributed by atoms with E-state index in [4.69, 9.17) is 16.3 Å². The molecule has 1 N–H and O–H groups in total. The molecule has 26 heavy (non-hydrogen) atoms. The summed E-state index contributed by atoms with van der Waals surface area (Å²) in [7, 11) is 0. The second-order valence-corrected chi connectivity index (χ2v) is 7.38. The van der Waals surface area contributed by atoms with Gasteiger partial charge in [0.25, 0.3) is 0 Å². The van der Waals surface area contributed by atoms with Gasteiger partial charge in [0, 0.05) is 29.1 Å². The van der Waals surface area contributed by atoms with Gasteiger partial charge in [-0.3, -0.25) is 4.90 Å². The van der Waals surface area contributed by atoms with Crippen molar-refractivity contribution in [2.45, 2.75) is 18.9 Å². The van der Waals surface area contributed by atoms with Crippen LogP contribution in [0.3, 0.4) is 0 Å². The van der Waals surface area contributed by atoms with E-state index in [2.05, 4.69) is 26.1 Å². The second kappa shape index (κ2) is 7.06. The van der Waals surface area contributed by atoms with Gasteiger partial charge in [-0.25, -0.2) is 0 Å². The molecule has 3 aromatic rings. The minimum Gasteiger partial charge on any atom is -0.472 e. The summed E-state index contributed by atoms with van der Waals surface area (Å²) in [6.45, 7) is 3.43. The van der Waals surface area contributed by atoms with Crippen LogP contribution in [0.25, 0.3) is 22.2 Å². The zero-order valence-electron chi connectivity index (χ0n) is 14.2. The molecule has 5 nitrogen and oxygen atoms in total. The third-order valence-electron chi connectivity index (χ3n) is 5.39. The molecule has 2 aromatic heterocycles. The van der Waals surface area contributed by atoms with Crippen molar-refractivity contribution < 1.29 is 4.74 Å². The molecule has 2 bridgehead atoms. The van der Waals surface area contributed by atoms with Gasteiger partial charge in [0.2, 0.25) is 5.88 Å². The lowest BCUT2D eigenvalue weighted by Gasteiger charge is -2.44. The first-order valence-electron chi connectivity index (χ1n) is 8.76. The minimum absolute atomic E-state index is 0. The van der Waals surface area contributed by atoms with Gasteiger partial charge in [0.1, 0.15) is 11.3 Å². The molecule has 3 aliphatic heterocycles. The minimum atomic E-state index is 0. The number of aromatic amines is 1. The van der Waals surface area contributed by atoms with E-state index in [0.717, 1.165) is 28.7 Å². The number of piperidine rings is 3. The van der Waals surface area contributed by atoms with Crippen LogP contribution in [0.2, 0.25) is 5.15 Å². The maximum atomic E-state index is 6.12. The Morgan fingerprint density at radius 2 is 1.92 bits per heavy atom. The molecule has 0 saturated carbocycles. The molecule has 0 radical (unpaired) electrons. The average molecular weight is 391 g/mol. The van der Waals surface area contributed by atoms with Crippen molar-refractivity contribution in [2.24, 2.45) is 5.92 Å². The summed E-state index contributed by atoms with van der Waals surface area (Å²) in [5.41, 5.74) is 2.87. The van der Waals surface area contributed by atoms with Crippen molar-refractivity contribution in [1.29, 1.82) is 0 Å². The van der Waals surface area contributed by atoms with E-state index in [0.29, 0.717) is 17.0 Å². The Morgan fingerprint density at radius 3 is 2.62 bits per heavy atom. The maximum absolute atomic E-state index is 6.12. The van der Waals surface area contributed by atoms with Crippen LogP contribution in [-0.2, 0) is 0 Å². The normalized spacial score (nSPS) is 24.4. The van der Waals surface area contributed by atoms with Gasteiger partial charge in [0.05, 0.1) is 5.69 Å². The largest absolute Gasteiger partial charge is 0.472 e. The fourth-order valence-corrected chi connectivity index (χ4v) is 4.21. The van der Waals surface area contributed by atoms with E-state index < -0.39 is 0 Å². The van der Waals surface area contributed by atoms with Crippen molar-refractivity contribution in [2.75, 3.05) is 19.6 Å². The number of benzene rings is 1. The fraction of sp³-hybridized carbons (Fsp3) is 0.368. The van der Waals surface area contributed by atoms with Crippen molar-refractivity contribution in [3.8, 4) is 17.1 Å². The van der Waals surface area contributed by atoms with Crippen LogP contribution in [0, 0.1) is 5.92 Å². The highest BCUT2D eigenvalue weighted by Crippen LogP contribution is 2.30. The van der Waals surface area contributed by atoms with Crippen molar-refractivity contribution in [1.82, 2.24) is 20.1 Å². The molecule has 7 heteroatoms. The van der Waals surface area contributed by atoms with Crippen LogP contribution < -0.4 is 4.74 Å². The van der Waals surface area contributed by atoms with Gasteiger partial charge < -0.3 is 9.72 Å². The number of nitrogens with zero attached hydrogens (tertiary/aromatic N) is 3. The van der Waals surface area contributed by atoms with E-state index in [9.17, 15) is 0 Å². The van der Waals surface area contributed by atoms with Crippen LogP contribution in [0.15, 0.2) is 36.4 Å². The standard InChI is InChI=1S/C19H19ClN4O.ClH/c20-18-10-14-9-13(1-2-15(14)21-18)16-3-4-19(23-22-16)25-17-11-24-7-5-12(17)6-8-24;/h1-4,9-10,12,17,21H,5-8,11H2;1H/t17-;/m0./s1. The first-order chi connectivity index (χ1) is 12.2. The third-order valence-corrected chi connectivity index (χ3v) is 5.60.